The van der Waals surface area contributed by atoms with Crippen molar-refractivity contribution in [3.8, 4) is 0 Å². The molecule has 3 nitrogen and oxygen atoms in total. The number of nitrogens with zero attached hydrogens (tertiary/aromatic N) is 2. The second-order valence-electron chi connectivity index (χ2n) is 7.27. The Bertz CT molecular complexity index is 261. The van der Waals surface area contributed by atoms with Crippen LogP contribution < -0.4 is 5.32 Å². The van der Waals surface area contributed by atoms with Crippen molar-refractivity contribution in [3.05, 3.63) is 0 Å². The van der Waals surface area contributed by atoms with Gasteiger partial charge in [0.2, 0.25) is 0 Å². The zero-order valence-corrected chi connectivity index (χ0v) is 13.9. The molecule has 0 amide bonds. The van der Waals surface area contributed by atoms with E-state index < -0.39 is 0 Å². The Kier molecular flexibility index (Phi) is 6.79. The minimum absolute atomic E-state index is 0.692. The zero-order valence-electron chi connectivity index (χ0n) is 13.9. The van der Waals surface area contributed by atoms with Gasteiger partial charge in [0.25, 0.3) is 0 Å². The van der Waals surface area contributed by atoms with E-state index >= 15 is 0 Å². The lowest BCUT2D eigenvalue weighted by Crippen LogP contribution is -2.44. The molecule has 20 heavy (non-hydrogen) atoms. The fraction of sp³-hybridized carbons (Fsp3) is 1.00. The molecular weight excluding hydrogens is 246 g/mol. The molecule has 0 aromatic carbocycles. The molecule has 2 heterocycles. The van der Waals surface area contributed by atoms with Crippen LogP contribution in [0.15, 0.2) is 0 Å². The van der Waals surface area contributed by atoms with Crippen molar-refractivity contribution in [2.75, 3.05) is 39.3 Å². The summed E-state index contributed by atoms with van der Waals surface area (Å²) >= 11 is 0. The van der Waals surface area contributed by atoms with Gasteiger partial charge in [0.05, 0.1) is 0 Å². The van der Waals surface area contributed by atoms with Crippen LogP contribution in [0.5, 0.6) is 0 Å². The highest BCUT2D eigenvalue weighted by molar-refractivity contribution is 4.87. The molecule has 2 rings (SSSR count). The van der Waals surface area contributed by atoms with Crippen molar-refractivity contribution < 1.29 is 0 Å². The Labute approximate surface area is 126 Å². The molecule has 2 unspecified atom stereocenters. The molecule has 118 valence electrons. The fourth-order valence-electron chi connectivity index (χ4n) is 3.58. The molecule has 0 aromatic rings. The van der Waals surface area contributed by atoms with E-state index in [0.29, 0.717) is 6.04 Å². The Morgan fingerprint density at radius 1 is 1.05 bits per heavy atom. The summed E-state index contributed by atoms with van der Waals surface area (Å²) in [7, 11) is 0. The summed E-state index contributed by atoms with van der Waals surface area (Å²) in [6.45, 7) is 14.6. The summed E-state index contributed by atoms with van der Waals surface area (Å²) in [5, 5.41) is 3.63. The van der Waals surface area contributed by atoms with Crippen LogP contribution in [0.25, 0.3) is 0 Å². The molecule has 1 N–H and O–H groups in total. The van der Waals surface area contributed by atoms with E-state index in [9.17, 15) is 0 Å². The predicted molar refractivity (Wildman–Crippen MR) is 87.2 cm³/mol. The molecule has 2 saturated heterocycles. The molecule has 2 aliphatic rings. The van der Waals surface area contributed by atoms with E-state index in [-0.39, 0.29) is 0 Å². The third-order valence-electron chi connectivity index (χ3n) is 5.06. The maximum atomic E-state index is 3.63. The Hall–Kier alpha value is -0.120. The van der Waals surface area contributed by atoms with Crippen molar-refractivity contribution in [1.29, 1.82) is 0 Å². The van der Waals surface area contributed by atoms with E-state index in [4.69, 9.17) is 0 Å². The number of hydrogen-bond donors (Lipinski definition) is 1. The van der Waals surface area contributed by atoms with Crippen LogP contribution in [0.2, 0.25) is 0 Å². The first-order valence-electron chi connectivity index (χ1n) is 8.85. The summed E-state index contributed by atoms with van der Waals surface area (Å²) in [5.41, 5.74) is 0. The maximum absolute atomic E-state index is 3.63. The third-order valence-corrected chi connectivity index (χ3v) is 5.06. The Balaban J connectivity index is 1.63. The average Bonchev–Trinajstić information content (AvgIpc) is 2.94. The van der Waals surface area contributed by atoms with Crippen LogP contribution in [0.3, 0.4) is 0 Å². The lowest BCUT2D eigenvalue weighted by atomic mass is 10.1. The highest BCUT2D eigenvalue weighted by Crippen LogP contribution is 2.21. The van der Waals surface area contributed by atoms with Crippen LogP contribution >= 0.6 is 0 Å². The van der Waals surface area contributed by atoms with Crippen LogP contribution in [0.4, 0.5) is 0 Å². The summed E-state index contributed by atoms with van der Waals surface area (Å²) in [6.07, 6.45) is 6.97. The monoisotopic (exact) mass is 281 g/mol. The SMILES string of the molecule is CC(C)CCNCC(C)N1CCC(N2CCCCC2)C1. The van der Waals surface area contributed by atoms with Gasteiger partial charge in [-0.3, -0.25) is 9.80 Å². The molecule has 3 heteroatoms. The second kappa shape index (κ2) is 8.35. The first kappa shape index (κ1) is 16.3. The van der Waals surface area contributed by atoms with Gasteiger partial charge in [-0.15, -0.1) is 0 Å². The predicted octanol–water partition coefficient (Wildman–Crippen LogP) is 2.57. The first-order chi connectivity index (χ1) is 9.66. The average molecular weight is 281 g/mol. The normalized spacial score (nSPS) is 27.3. The van der Waals surface area contributed by atoms with E-state index in [1.54, 1.807) is 0 Å². The number of likely N-dealkylation sites (tertiary alicyclic amines) is 2. The van der Waals surface area contributed by atoms with Crippen LogP contribution in [-0.2, 0) is 0 Å². The van der Waals surface area contributed by atoms with Crippen molar-refractivity contribution in [2.24, 2.45) is 5.92 Å². The van der Waals surface area contributed by atoms with Crippen LogP contribution in [0.1, 0.15) is 52.9 Å². The van der Waals surface area contributed by atoms with Gasteiger partial charge in [0, 0.05) is 31.7 Å². The Morgan fingerprint density at radius 2 is 1.80 bits per heavy atom. The zero-order chi connectivity index (χ0) is 14.4. The summed E-state index contributed by atoms with van der Waals surface area (Å²) in [4.78, 5) is 5.45. The van der Waals surface area contributed by atoms with Gasteiger partial charge in [0.15, 0.2) is 0 Å². The molecule has 0 radical (unpaired) electrons. The largest absolute Gasteiger partial charge is 0.315 e. The van der Waals surface area contributed by atoms with Crippen molar-refractivity contribution in [2.45, 2.75) is 65.0 Å². The van der Waals surface area contributed by atoms with Gasteiger partial charge in [0.1, 0.15) is 0 Å². The second-order valence-corrected chi connectivity index (χ2v) is 7.27. The van der Waals surface area contributed by atoms with Crippen molar-refractivity contribution >= 4 is 0 Å². The highest BCUT2D eigenvalue weighted by atomic mass is 15.3. The molecule has 0 spiro atoms. The summed E-state index contributed by atoms with van der Waals surface area (Å²) < 4.78 is 0. The topological polar surface area (TPSA) is 18.5 Å². The third kappa shape index (κ3) is 5.01. The number of hydrogen-bond acceptors (Lipinski definition) is 3. The molecule has 0 bridgehead atoms. The molecule has 2 aliphatic heterocycles. The van der Waals surface area contributed by atoms with Gasteiger partial charge >= 0.3 is 0 Å². The molecule has 0 saturated carbocycles. The Morgan fingerprint density at radius 3 is 2.50 bits per heavy atom. The van der Waals surface area contributed by atoms with E-state index in [2.05, 4.69) is 35.9 Å². The van der Waals surface area contributed by atoms with E-state index in [0.717, 1.165) is 18.5 Å². The van der Waals surface area contributed by atoms with Crippen molar-refractivity contribution in [1.82, 2.24) is 15.1 Å². The lowest BCUT2D eigenvalue weighted by Gasteiger charge is -2.33. The highest BCUT2D eigenvalue weighted by Gasteiger charge is 2.30. The molecule has 2 fully saturated rings. The molecular formula is C17H35N3. The van der Waals surface area contributed by atoms with E-state index in [1.165, 1.54) is 64.8 Å². The van der Waals surface area contributed by atoms with Crippen LogP contribution in [0, 0.1) is 5.92 Å². The lowest BCUT2D eigenvalue weighted by molar-refractivity contribution is 0.153. The van der Waals surface area contributed by atoms with Crippen LogP contribution in [-0.4, -0.2) is 61.2 Å². The summed E-state index contributed by atoms with van der Waals surface area (Å²) in [6, 6.07) is 1.53. The first-order valence-corrected chi connectivity index (χ1v) is 8.85. The summed E-state index contributed by atoms with van der Waals surface area (Å²) in [5.74, 6) is 0.813. The molecule has 0 aliphatic carbocycles. The smallest absolute Gasteiger partial charge is 0.0235 e. The van der Waals surface area contributed by atoms with Gasteiger partial charge in [-0.25, -0.2) is 0 Å². The minimum atomic E-state index is 0.692. The quantitative estimate of drug-likeness (QED) is 0.724. The molecule has 0 aromatic heterocycles. The van der Waals surface area contributed by atoms with Gasteiger partial charge in [-0.2, -0.15) is 0 Å². The molecule has 2 atom stereocenters. The van der Waals surface area contributed by atoms with E-state index in [1.807, 2.05) is 0 Å². The van der Waals surface area contributed by atoms with Gasteiger partial charge < -0.3 is 5.32 Å². The minimum Gasteiger partial charge on any atom is -0.315 e. The fourth-order valence-corrected chi connectivity index (χ4v) is 3.58. The standard InChI is InChI=1S/C17H35N3/c1-15(2)7-9-18-13-16(3)20-12-8-17(14-20)19-10-5-4-6-11-19/h15-18H,4-14H2,1-3H3. The number of nitrogens with one attached hydrogen (secondary N) is 1. The van der Waals surface area contributed by atoms with Gasteiger partial charge in [-0.1, -0.05) is 20.3 Å². The van der Waals surface area contributed by atoms with Gasteiger partial charge in [-0.05, 0) is 58.2 Å². The number of rotatable bonds is 7. The number of piperidine rings is 1. The maximum Gasteiger partial charge on any atom is 0.0235 e. The van der Waals surface area contributed by atoms with Crippen molar-refractivity contribution in [3.63, 3.8) is 0 Å².